The molecule has 2 atom stereocenters. The molecule has 0 spiro atoms. The Hall–Kier alpha value is -0.0800. The van der Waals surface area contributed by atoms with E-state index < -0.39 is 0 Å². The van der Waals surface area contributed by atoms with Gasteiger partial charge in [0, 0.05) is 13.1 Å². The zero-order valence-corrected chi connectivity index (χ0v) is 5.72. The zero-order valence-electron chi connectivity index (χ0n) is 5.72. The van der Waals surface area contributed by atoms with Gasteiger partial charge in [0.1, 0.15) is 0 Å². The van der Waals surface area contributed by atoms with Crippen LogP contribution in [0.4, 0.5) is 0 Å². The fourth-order valence-corrected chi connectivity index (χ4v) is 0.850. The third-order valence-electron chi connectivity index (χ3n) is 1.94. The molecule has 2 heteroatoms. The molecule has 1 heterocycles. The van der Waals surface area contributed by atoms with Gasteiger partial charge in [0.2, 0.25) is 0 Å². The zero-order chi connectivity index (χ0) is 6.15. The highest BCUT2D eigenvalue weighted by Gasteiger charge is 2.24. The summed E-state index contributed by atoms with van der Waals surface area (Å²) in [5.41, 5.74) is 0. The maximum absolute atomic E-state index is 5.21. The summed E-state index contributed by atoms with van der Waals surface area (Å²) in [6.45, 7) is 5.27. The summed E-state index contributed by atoms with van der Waals surface area (Å²) < 4.78 is 0. The predicted molar refractivity (Wildman–Crippen MR) is 32.3 cm³/mol. The minimum Gasteiger partial charge on any atom is -0.299 e. The molecule has 0 radical (unpaired) electrons. The second kappa shape index (κ2) is 2.03. The van der Waals surface area contributed by atoms with E-state index in [1.165, 1.54) is 0 Å². The predicted octanol–water partition coefficient (Wildman–Crippen LogP) is 0.888. The molecule has 1 aliphatic heterocycles. The van der Waals surface area contributed by atoms with Crippen molar-refractivity contribution in [3.05, 3.63) is 0 Å². The molecule has 0 aromatic rings. The molecule has 1 rings (SSSR count). The minimum atomic E-state index is 0.593. The van der Waals surface area contributed by atoms with Gasteiger partial charge in [0.25, 0.3) is 0 Å². The van der Waals surface area contributed by atoms with E-state index in [0.717, 1.165) is 6.61 Å². The summed E-state index contributed by atoms with van der Waals surface area (Å²) in [5, 5.41) is 1.92. The van der Waals surface area contributed by atoms with E-state index in [4.69, 9.17) is 4.84 Å². The highest BCUT2D eigenvalue weighted by molar-refractivity contribution is 4.69. The molecule has 0 aromatic heterocycles. The molecule has 0 aliphatic carbocycles. The first-order valence-corrected chi connectivity index (χ1v) is 3.07. The fraction of sp³-hybridized carbons (Fsp3) is 1.00. The molecule has 0 N–H and O–H groups in total. The monoisotopic (exact) mass is 115 g/mol. The second-order valence-electron chi connectivity index (χ2n) is 2.56. The smallest absolute Gasteiger partial charge is 0.0726 e. The average Bonchev–Trinajstić information content (AvgIpc) is 1.98. The number of hydrogen-bond donors (Lipinski definition) is 0. The van der Waals surface area contributed by atoms with Crippen LogP contribution in [0.5, 0.6) is 0 Å². The van der Waals surface area contributed by atoms with Gasteiger partial charge in [-0.15, -0.1) is 0 Å². The van der Waals surface area contributed by atoms with Gasteiger partial charge in [0.15, 0.2) is 0 Å². The molecule has 0 unspecified atom stereocenters. The number of rotatable bonds is 0. The Labute approximate surface area is 50.4 Å². The lowest BCUT2D eigenvalue weighted by molar-refractivity contribution is -0.106. The van der Waals surface area contributed by atoms with E-state index in [1.807, 2.05) is 12.1 Å². The molecule has 8 heavy (non-hydrogen) atoms. The summed E-state index contributed by atoms with van der Waals surface area (Å²) in [4.78, 5) is 5.21. The topological polar surface area (TPSA) is 12.5 Å². The summed E-state index contributed by atoms with van der Waals surface area (Å²) in [7, 11) is 1.98. The molecular weight excluding hydrogens is 102 g/mol. The normalized spacial score (nSPS) is 40.9. The van der Waals surface area contributed by atoms with E-state index in [9.17, 15) is 0 Å². The van der Waals surface area contributed by atoms with Crippen molar-refractivity contribution < 1.29 is 4.84 Å². The standard InChI is InChI=1S/C6H13NO/c1-5-4-8-7(3)6(5)2/h5-6H,4H2,1-3H3/t5-,6+/m1/s1. The van der Waals surface area contributed by atoms with Crippen molar-refractivity contribution in [1.29, 1.82) is 0 Å². The molecule has 0 bridgehead atoms. The van der Waals surface area contributed by atoms with Crippen LogP contribution in [0.25, 0.3) is 0 Å². The van der Waals surface area contributed by atoms with Gasteiger partial charge in [0.05, 0.1) is 6.61 Å². The van der Waals surface area contributed by atoms with E-state index in [-0.39, 0.29) is 0 Å². The maximum Gasteiger partial charge on any atom is 0.0726 e. The largest absolute Gasteiger partial charge is 0.299 e. The van der Waals surface area contributed by atoms with Crippen LogP contribution in [0.15, 0.2) is 0 Å². The summed E-state index contributed by atoms with van der Waals surface area (Å²) in [6, 6.07) is 0.593. The number of nitrogens with zero attached hydrogens (tertiary/aromatic N) is 1. The molecule has 48 valence electrons. The lowest BCUT2D eigenvalue weighted by atomic mass is 10.1. The van der Waals surface area contributed by atoms with Crippen LogP contribution >= 0.6 is 0 Å². The molecule has 1 aliphatic rings. The van der Waals surface area contributed by atoms with Crippen LogP contribution in [0.3, 0.4) is 0 Å². The summed E-state index contributed by atoms with van der Waals surface area (Å²) >= 11 is 0. The Morgan fingerprint density at radius 1 is 1.50 bits per heavy atom. The molecule has 1 saturated heterocycles. The molecule has 0 saturated carbocycles. The molecule has 2 nitrogen and oxygen atoms in total. The van der Waals surface area contributed by atoms with Gasteiger partial charge in [-0.25, -0.2) is 0 Å². The third kappa shape index (κ3) is 0.858. The maximum atomic E-state index is 5.21. The van der Waals surface area contributed by atoms with Crippen molar-refractivity contribution in [2.75, 3.05) is 13.7 Å². The van der Waals surface area contributed by atoms with Crippen LogP contribution in [-0.4, -0.2) is 24.8 Å². The van der Waals surface area contributed by atoms with Crippen molar-refractivity contribution in [1.82, 2.24) is 5.06 Å². The van der Waals surface area contributed by atoms with Gasteiger partial charge >= 0.3 is 0 Å². The average molecular weight is 115 g/mol. The Bertz CT molecular complexity index is 74.6. The quantitative estimate of drug-likeness (QED) is 0.465. The van der Waals surface area contributed by atoms with Crippen LogP contribution in [0.2, 0.25) is 0 Å². The van der Waals surface area contributed by atoms with E-state index in [2.05, 4.69) is 13.8 Å². The first kappa shape index (κ1) is 6.05. The number of hydroxylamine groups is 2. The summed E-state index contributed by atoms with van der Waals surface area (Å²) in [6.07, 6.45) is 0. The lowest BCUT2D eigenvalue weighted by Crippen LogP contribution is -2.23. The first-order chi connectivity index (χ1) is 3.72. The molecular formula is C6H13NO. The second-order valence-corrected chi connectivity index (χ2v) is 2.56. The lowest BCUT2D eigenvalue weighted by Gasteiger charge is -2.13. The Morgan fingerprint density at radius 2 is 2.12 bits per heavy atom. The minimum absolute atomic E-state index is 0.593. The Morgan fingerprint density at radius 3 is 2.25 bits per heavy atom. The van der Waals surface area contributed by atoms with Crippen LogP contribution in [-0.2, 0) is 4.84 Å². The summed E-state index contributed by atoms with van der Waals surface area (Å²) in [5.74, 6) is 0.694. The van der Waals surface area contributed by atoms with Gasteiger partial charge in [-0.05, 0) is 12.8 Å². The van der Waals surface area contributed by atoms with Gasteiger partial charge in [-0.3, -0.25) is 4.84 Å². The highest BCUT2D eigenvalue weighted by atomic mass is 16.7. The van der Waals surface area contributed by atoms with E-state index in [0.29, 0.717) is 12.0 Å². The van der Waals surface area contributed by atoms with Crippen molar-refractivity contribution in [2.45, 2.75) is 19.9 Å². The Kier molecular flexibility index (Phi) is 1.54. The number of hydrogen-bond acceptors (Lipinski definition) is 2. The SMILES string of the molecule is C[C@@H]1CON(C)[C@H]1C. The molecule has 0 aromatic carbocycles. The van der Waals surface area contributed by atoms with Crippen molar-refractivity contribution in [3.63, 3.8) is 0 Å². The van der Waals surface area contributed by atoms with Crippen molar-refractivity contribution >= 4 is 0 Å². The third-order valence-corrected chi connectivity index (χ3v) is 1.94. The van der Waals surface area contributed by atoms with Gasteiger partial charge in [-0.1, -0.05) is 6.92 Å². The van der Waals surface area contributed by atoms with Crippen LogP contribution in [0.1, 0.15) is 13.8 Å². The van der Waals surface area contributed by atoms with Gasteiger partial charge < -0.3 is 0 Å². The molecule has 0 amide bonds. The fourth-order valence-electron chi connectivity index (χ4n) is 0.850. The molecule has 1 fully saturated rings. The Balaban J connectivity index is 2.44. The van der Waals surface area contributed by atoms with Crippen molar-refractivity contribution in [3.8, 4) is 0 Å². The highest BCUT2D eigenvalue weighted by Crippen LogP contribution is 2.17. The van der Waals surface area contributed by atoms with Crippen LogP contribution < -0.4 is 0 Å². The van der Waals surface area contributed by atoms with Crippen molar-refractivity contribution in [2.24, 2.45) is 5.92 Å². The van der Waals surface area contributed by atoms with Gasteiger partial charge in [-0.2, -0.15) is 5.06 Å². The van der Waals surface area contributed by atoms with E-state index >= 15 is 0 Å². The van der Waals surface area contributed by atoms with Crippen LogP contribution in [0, 0.1) is 5.92 Å². The van der Waals surface area contributed by atoms with E-state index in [1.54, 1.807) is 0 Å². The first-order valence-electron chi connectivity index (χ1n) is 3.07.